The Balaban J connectivity index is 2.36. The molecule has 0 aromatic rings. The third-order valence-corrected chi connectivity index (χ3v) is 3.74. The second-order valence-corrected chi connectivity index (χ2v) is 5.41. The van der Waals surface area contributed by atoms with E-state index >= 15 is 0 Å². The van der Waals surface area contributed by atoms with Crippen molar-refractivity contribution in [3.8, 4) is 0 Å². The van der Waals surface area contributed by atoms with Gasteiger partial charge < -0.3 is 5.32 Å². The number of sulfonamides is 1. The van der Waals surface area contributed by atoms with Gasteiger partial charge in [0.2, 0.25) is 10.0 Å². The van der Waals surface area contributed by atoms with E-state index in [1.165, 1.54) is 0 Å². The van der Waals surface area contributed by atoms with E-state index in [9.17, 15) is 8.42 Å². The molecule has 1 fully saturated rings. The van der Waals surface area contributed by atoms with Crippen LogP contribution in [0.25, 0.3) is 0 Å². The van der Waals surface area contributed by atoms with Crippen molar-refractivity contribution < 1.29 is 8.42 Å². The fraction of sp³-hybridized carbons (Fsp3) is 0.778. The molecule has 1 aliphatic heterocycles. The highest BCUT2D eigenvalue weighted by Crippen LogP contribution is 2.04. The molecule has 1 aliphatic rings. The minimum atomic E-state index is -3.09. The maximum Gasteiger partial charge on any atom is 0.212 e. The van der Waals surface area contributed by atoms with E-state index in [0.29, 0.717) is 6.42 Å². The summed E-state index contributed by atoms with van der Waals surface area (Å²) in [7, 11) is -3.09. The molecule has 0 saturated carbocycles. The molecule has 2 N–H and O–H groups in total. The van der Waals surface area contributed by atoms with Crippen LogP contribution in [0.3, 0.4) is 0 Å². The molecule has 0 aromatic carbocycles. The lowest BCUT2D eigenvalue weighted by atomic mass is 10.1. The van der Waals surface area contributed by atoms with Crippen LogP contribution in [-0.2, 0) is 10.0 Å². The van der Waals surface area contributed by atoms with Crippen molar-refractivity contribution in [2.24, 2.45) is 0 Å². The maximum atomic E-state index is 11.5. The van der Waals surface area contributed by atoms with Crippen molar-refractivity contribution in [1.29, 1.82) is 0 Å². The van der Waals surface area contributed by atoms with Crippen LogP contribution < -0.4 is 10.0 Å². The second-order valence-electron chi connectivity index (χ2n) is 3.54. The third kappa shape index (κ3) is 4.21. The number of nitrogens with one attached hydrogen (secondary N) is 2. The van der Waals surface area contributed by atoms with Crippen molar-refractivity contribution in [2.75, 3.05) is 18.8 Å². The molecule has 82 valence electrons. The molecule has 0 aromatic heterocycles. The first-order valence-corrected chi connectivity index (χ1v) is 6.61. The largest absolute Gasteiger partial charge is 0.317 e. The molecule has 0 spiro atoms. The quantitative estimate of drug-likeness (QED) is 0.650. The Kier molecular flexibility index (Phi) is 4.57. The van der Waals surface area contributed by atoms with Crippen LogP contribution in [0.4, 0.5) is 0 Å². The van der Waals surface area contributed by atoms with Crippen molar-refractivity contribution in [1.82, 2.24) is 10.0 Å². The molecule has 5 heteroatoms. The van der Waals surface area contributed by atoms with E-state index in [1.807, 2.05) is 0 Å². The first-order chi connectivity index (χ1) is 6.64. The summed E-state index contributed by atoms with van der Waals surface area (Å²) >= 11 is 0. The molecule has 0 unspecified atom stereocenters. The van der Waals surface area contributed by atoms with Gasteiger partial charge in [-0.1, -0.05) is 6.08 Å². The highest BCUT2D eigenvalue weighted by Gasteiger charge is 2.18. The monoisotopic (exact) mass is 218 g/mol. The molecule has 1 saturated heterocycles. The number of hydrogen-bond donors (Lipinski definition) is 2. The normalized spacial score (nSPS) is 19.4. The van der Waals surface area contributed by atoms with Crippen molar-refractivity contribution in [3.63, 3.8) is 0 Å². The summed E-state index contributed by atoms with van der Waals surface area (Å²) < 4.78 is 25.7. The van der Waals surface area contributed by atoms with Gasteiger partial charge in [-0.2, -0.15) is 0 Å². The topological polar surface area (TPSA) is 58.2 Å². The van der Waals surface area contributed by atoms with Gasteiger partial charge in [-0.25, -0.2) is 13.1 Å². The minimum Gasteiger partial charge on any atom is -0.317 e. The SMILES string of the molecule is C=CCCS(=O)(=O)NC1CCNCC1. The zero-order valence-corrected chi connectivity index (χ0v) is 9.15. The molecular formula is C9H18N2O2S. The van der Waals surface area contributed by atoms with E-state index in [0.717, 1.165) is 25.9 Å². The zero-order chi connectivity index (χ0) is 10.4. The molecule has 0 amide bonds. The highest BCUT2D eigenvalue weighted by atomic mass is 32.2. The zero-order valence-electron chi connectivity index (χ0n) is 8.33. The van der Waals surface area contributed by atoms with Crippen molar-refractivity contribution in [2.45, 2.75) is 25.3 Å². The van der Waals surface area contributed by atoms with Gasteiger partial charge >= 0.3 is 0 Å². The number of rotatable bonds is 5. The molecule has 1 rings (SSSR count). The summed E-state index contributed by atoms with van der Waals surface area (Å²) in [5.74, 6) is 0.153. The molecule has 1 heterocycles. The molecule has 0 aliphatic carbocycles. The number of piperidine rings is 1. The third-order valence-electron chi connectivity index (χ3n) is 2.28. The van der Waals surface area contributed by atoms with Crippen molar-refractivity contribution in [3.05, 3.63) is 12.7 Å². The average molecular weight is 218 g/mol. The van der Waals surface area contributed by atoms with Gasteiger partial charge in [-0.05, 0) is 32.4 Å². The van der Waals surface area contributed by atoms with Crippen LogP contribution in [0.15, 0.2) is 12.7 Å². The predicted octanol–water partition coefficient (Wildman–Crippen LogP) is 0.234. The van der Waals surface area contributed by atoms with Gasteiger partial charge in [0.1, 0.15) is 0 Å². The van der Waals surface area contributed by atoms with E-state index in [4.69, 9.17) is 0 Å². The Morgan fingerprint density at radius 1 is 1.43 bits per heavy atom. The van der Waals surface area contributed by atoms with Gasteiger partial charge in [-0.3, -0.25) is 0 Å². The summed E-state index contributed by atoms with van der Waals surface area (Å²) in [6.45, 7) is 5.30. The summed E-state index contributed by atoms with van der Waals surface area (Å²) in [6, 6.07) is 0.117. The summed E-state index contributed by atoms with van der Waals surface area (Å²) in [6.07, 6.45) is 3.91. The van der Waals surface area contributed by atoms with Gasteiger partial charge in [-0.15, -0.1) is 6.58 Å². The molecule has 0 radical (unpaired) electrons. The minimum absolute atomic E-state index is 0.117. The van der Waals surface area contributed by atoms with E-state index in [-0.39, 0.29) is 11.8 Å². The summed E-state index contributed by atoms with van der Waals surface area (Å²) in [5.41, 5.74) is 0. The molecule has 14 heavy (non-hydrogen) atoms. The Morgan fingerprint density at radius 2 is 2.07 bits per heavy atom. The second kappa shape index (κ2) is 5.48. The average Bonchev–Trinajstić information content (AvgIpc) is 2.16. The summed E-state index contributed by atoms with van der Waals surface area (Å²) in [4.78, 5) is 0. The molecule has 0 bridgehead atoms. The maximum absolute atomic E-state index is 11.5. The van der Waals surface area contributed by atoms with E-state index < -0.39 is 10.0 Å². The number of hydrogen-bond acceptors (Lipinski definition) is 3. The van der Waals surface area contributed by atoms with Gasteiger partial charge in [0, 0.05) is 6.04 Å². The highest BCUT2D eigenvalue weighted by molar-refractivity contribution is 7.89. The van der Waals surface area contributed by atoms with Crippen LogP contribution in [0.5, 0.6) is 0 Å². The first kappa shape index (κ1) is 11.7. The fourth-order valence-electron chi connectivity index (χ4n) is 1.49. The van der Waals surface area contributed by atoms with E-state index in [2.05, 4.69) is 16.6 Å². The number of allylic oxidation sites excluding steroid dienone is 1. The molecule has 4 nitrogen and oxygen atoms in total. The smallest absolute Gasteiger partial charge is 0.212 e. The van der Waals surface area contributed by atoms with E-state index in [1.54, 1.807) is 6.08 Å². The first-order valence-electron chi connectivity index (χ1n) is 4.95. The Hall–Kier alpha value is -0.390. The predicted molar refractivity (Wildman–Crippen MR) is 57.6 cm³/mol. The Labute approximate surface area is 85.8 Å². The standard InChI is InChI=1S/C9H18N2O2S/c1-2-3-8-14(12,13)11-9-4-6-10-7-5-9/h2,9-11H,1,3-8H2. The molecule has 0 atom stereocenters. The lowest BCUT2D eigenvalue weighted by Crippen LogP contribution is -2.43. The fourth-order valence-corrected chi connectivity index (χ4v) is 2.83. The lowest BCUT2D eigenvalue weighted by Gasteiger charge is -2.23. The van der Waals surface area contributed by atoms with Gasteiger partial charge in [0.05, 0.1) is 5.75 Å². The van der Waals surface area contributed by atoms with Crippen molar-refractivity contribution >= 4 is 10.0 Å². The lowest BCUT2D eigenvalue weighted by molar-refractivity contribution is 0.427. The van der Waals surface area contributed by atoms with Crippen LogP contribution in [-0.4, -0.2) is 33.3 Å². The Bertz CT molecular complexity index is 269. The van der Waals surface area contributed by atoms with Crippen LogP contribution >= 0.6 is 0 Å². The Morgan fingerprint density at radius 3 is 2.64 bits per heavy atom. The van der Waals surface area contributed by atoms with Crippen LogP contribution in [0.1, 0.15) is 19.3 Å². The van der Waals surface area contributed by atoms with Gasteiger partial charge in [0.15, 0.2) is 0 Å². The molecular weight excluding hydrogens is 200 g/mol. The summed E-state index contributed by atoms with van der Waals surface area (Å²) in [5, 5.41) is 3.19. The van der Waals surface area contributed by atoms with Gasteiger partial charge in [0.25, 0.3) is 0 Å². The van der Waals surface area contributed by atoms with Crippen LogP contribution in [0.2, 0.25) is 0 Å². The van der Waals surface area contributed by atoms with Crippen LogP contribution in [0, 0.1) is 0 Å².